The summed E-state index contributed by atoms with van der Waals surface area (Å²) in [6.45, 7) is 0.532. The minimum Gasteiger partial charge on any atom is -0.403 e. The van der Waals surface area contributed by atoms with E-state index in [0.717, 1.165) is 10.5 Å². The maximum Gasteiger partial charge on any atom is 0.322 e. The minimum absolute atomic E-state index is 0.00202. The van der Waals surface area contributed by atoms with Crippen LogP contribution in [0.3, 0.4) is 0 Å². The molecule has 1 aliphatic heterocycles. The molecule has 11 heteroatoms. The number of aromatic nitrogens is 2. The maximum atomic E-state index is 12.7. The Morgan fingerprint density at radius 2 is 2.07 bits per heavy atom. The molecule has 0 radical (unpaired) electrons. The van der Waals surface area contributed by atoms with Crippen LogP contribution in [0.4, 0.5) is 6.01 Å². The van der Waals surface area contributed by atoms with E-state index in [9.17, 15) is 13.2 Å². The first-order valence-electron chi connectivity index (χ1n) is 9.30. The quantitative estimate of drug-likeness (QED) is 0.556. The van der Waals surface area contributed by atoms with Crippen molar-refractivity contribution in [2.75, 3.05) is 24.7 Å². The first-order chi connectivity index (χ1) is 14.5. The molecule has 4 rings (SSSR count). The lowest BCUT2D eigenvalue weighted by Crippen LogP contribution is -2.43. The molecule has 1 unspecified atom stereocenters. The van der Waals surface area contributed by atoms with Gasteiger partial charge in [0.25, 0.3) is 10.0 Å². The summed E-state index contributed by atoms with van der Waals surface area (Å²) in [5.41, 5.74) is 0.756. The highest BCUT2D eigenvalue weighted by atomic mass is 32.2. The normalized spacial score (nSPS) is 17.7. The number of anilines is 1. The van der Waals surface area contributed by atoms with Crippen molar-refractivity contribution in [3.8, 4) is 11.5 Å². The Balaban J connectivity index is 1.42. The predicted molar refractivity (Wildman–Crippen MR) is 116 cm³/mol. The van der Waals surface area contributed by atoms with Crippen molar-refractivity contribution in [2.45, 2.75) is 21.9 Å². The number of amides is 1. The lowest BCUT2D eigenvalue weighted by molar-refractivity contribution is -0.121. The molecule has 0 spiro atoms. The molecule has 1 amide bonds. The van der Waals surface area contributed by atoms with Gasteiger partial charge in [-0.1, -0.05) is 11.2 Å². The summed E-state index contributed by atoms with van der Waals surface area (Å²) < 4.78 is 32.7. The van der Waals surface area contributed by atoms with Gasteiger partial charge in [0.1, 0.15) is 4.21 Å². The Morgan fingerprint density at radius 3 is 2.77 bits per heavy atom. The van der Waals surface area contributed by atoms with Gasteiger partial charge in [0, 0.05) is 23.5 Å². The molecule has 3 heterocycles. The molecule has 2 aromatic heterocycles. The van der Waals surface area contributed by atoms with E-state index in [-0.39, 0.29) is 22.7 Å². The molecule has 0 saturated carbocycles. The average molecular weight is 465 g/mol. The summed E-state index contributed by atoms with van der Waals surface area (Å²) in [5.74, 6) is -0.498. The molecular formula is C19H20N4O4S3. The Hall–Kier alpha value is -2.21. The SMILES string of the molecule is CSc1ccc(-c2nnc(NC(=O)C3CCCN(S(=O)(=O)c4cccs4)C3)o2)cc1. The number of hydrogen-bond acceptors (Lipinski definition) is 8. The predicted octanol–water partition coefficient (Wildman–Crippen LogP) is 3.56. The average Bonchev–Trinajstić information content (AvgIpc) is 3.47. The van der Waals surface area contributed by atoms with Gasteiger partial charge in [0.15, 0.2) is 0 Å². The molecule has 0 bridgehead atoms. The number of sulfonamides is 1. The monoisotopic (exact) mass is 464 g/mol. The summed E-state index contributed by atoms with van der Waals surface area (Å²) in [7, 11) is -3.58. The first kappa shape index (κ1) is 21.0. The summed E-state index contributed by atoms with van der Waals surface area (Å²) in [4.78, 5) is 13.8. The number of hydrogen-bond donors (Lipinski definition) is 1. The smallest absolute Gasteiger partial charge is 0.322 e. The molecular weight excluding hydrogens is 444 g/mol. The lowest BCUT2D eigenvalue weighted by atomic mass is 9.99. The second-order valence-corrected chi connectivity index (χ2v) is 10.8. The van der Waals surface area contributed by atoms with E-state index in [2.05, 4.69) is 15.5 Å². The topological polar surface area (TPSA) is 105 Å². The summed E-state index contributed by atoms with van der Waals surface area (Å²) in [6.07, 6.45) is 3.20. The largest absolute Gasteiger partial charge is 0.403 e. The molecule has 1 N–H and O–H groups in total. The van der Waals surface area contributed by atoms with Gasteiger partial charge in [-0.2, -0.15) is 4.31 Å². The summed E-state index contributed by atoms with van der Waals surface area (Å²) in [5, 5.41) is 12.2. The number of thioether (sulfide) groups is 1. The van der Waals surface area contributed by atoms with Gasteiger partial charge in [-0.3, -0.25) is 10.1 Å². The summed E-state index contributed by atoms with van der Waals surface area (Å²) in [6, 6.07) is 10.9. The van der Waals surface area contributed by atoms with Gasteiger partial charge in [-0.15, -0.1) is 28.2 Å². The van der Waals surface area contributed by atoms with Crippen molar-refractivity contribution in [1.29, 1.82) is 0 Å². The van der Waals surface area contributed by atoms with E-state index >= 15 is 0 Å². The molecule has 0 aliphatic carbocycles. The Morgan fingerprint density at radius 1 is 1.27 bits per heavy atom. The molecule has 30 heavy (non-hydrogen) atoms. The van der Waals surface area contributed by atoms with E-state index < -0.39 is 15.9 Å². The number of carbonyl (C=O) groups is 1. The zero-order valence-electron chi connectivity index (χ0n) is 16.1. The zero-order chi connectivity index (χ0) is 21.1. The lowest BCUT2D eigenvalue weighted by Gasteiger charge is -2.30. The second kappa shape index (κ2) is 8.88. The number of benzene rings is 1. The van der Waals surface area contributed by atoms with Crippen molar-refractivity contribution >= 4 is 45.0 Å². The van der Waals surface area contributed by atoms with Crippen LogP contribution in [0.5, 0.6) is 0 Å². The van der Waals surface area contributed by atoms with Gasteiger partial charge >= 0.3 is 6.01 Å². The number of nitrogens with zero attached hydrogens (tertiary/aromatic N) is 3. The molecule has 158 valence electrons. The number of thiophene rings is 1. The van der Waals surface area contributed by atoms with Crippen LogP contribution >= 0.6 is 23.1 Å². The first-order valence-corrected chi connectivity index (χ1v) is 12.8. The Kier molecular flexibility index (Phi) is 6.23. The van der Waals surface area contributed by atoms with Crippen LogP contribution in [0.1, 0.15) is 12.8 Å². The van der Waals surface area contributed by atoms with E-state index in [1.54, 1.807) is 29.3 Å². The van der Waals surface area contributed by atoms with Gasteiger partial charge in [-0.05, 0) is 54.8 Å². The maximum absolute atomic E-state index is 12.7. The molecule has 3 aromatic rings. The van der Waals surface area contributed by atoms with Gasteiger partial charge in [0.05, 0.1) is 5.92 Å². The van der Waals surface area contributed by atoms with E-state index in [1.165, 1.54) is 15.6 Å². The van der Waals surface area contributed by atoms with Crippen molar-refractivity contribution in [3.63, 3.8) is 0 Å². The number of carbonyl (C=O) groups excluding carboxylic acids is 1. The third kappa shape index (κ3) is 4.43. The van der Waals surface area contributed by atoms with Crippen molar-refractivity contribution in [1.82, 2.24) is 14.5 Å². The highest BCUT2D eigenvalue weighted by Gasteiger charge is 2.34. The molecule has 1 aliphatic rings. The number of rotatable bonds is 6. The number of piperidine rings is 1. The van der Waals surface area contributed by atoms with E-state index in [4.69, 9.17) is 4.42 Å². The summed E-state index contributed by atoms with van der Waals surface area (Å²) >= 11 is 2.81. The molecule has 8 nitrogen and oxygen atoms in total. The van der Waals surface area contributed by atoms with Gasteiger partial charge in [-0.25, -0.2) is 8.42 Å². The fourth-order valence-electron chi connectivity index (χ4n) is 3.24. The van der Waals surface area contributed by atoms with Crippen LogP contribution in [-0.2, 0) is 14.8 Å². The third-order valence-corrected chi connectivity index (χ3v) is 8.82. The minimum atomic E-state index is -3.58. The molecule has 1 atom stereocenters. The van der Waals surface area contributed by atoms with Crippen molar-refractivity contribution < 1.29 is 17.6 Å². The van der Waals surface area contributed by atoms with Crippen LogP contribution in [-0.4, -0.2) is 48.2 Å². The fraction of sp³-hybridized carbons (Fsp3) is 0.316. The van der Waals surface area contributed by atoms with E-state index in [0.29, 0.717) is 25.3 Å². The van der Waals surface area contributed by atoms with Crippen LogP contribution in [0, 0.1) is 5.92 Å². The Labute approximate surface area is 182 Å². The zero-order valence-corrected chi connectivity index (χ0v) is 18.6. The van der Waals surface area contributed by atoms with Crippen molar-refractivity contribution in [3.05, 3.63) is 41.8 Å². The second-order valence-electron chi connectivity index (χ2n) is 6.76. The van der Waals surface area contributed by atoms with Crippen LogP contribution in [0.25, 0.3) is 11.5 Å². The Bertz CT molecular complexity index is 1110. The number of nitrogens with one attached hydrogen (secondary N) is 1. The highest BCUT2D eigenvalue weighted by molar-refractivity contribution is 7.98. The third-order valence-electron chi connectivity index (χ3n) is 4.84. The molecule has 1 aromatic carbocycles. The fourth-order valence-corrected chi connectivity index (χ4v) is 6.32. The highest BCUT2D eigenvalue weighted by Crippen LogP contribution is 2.28. The van der Waals surface area contributed by atoms with Crippen LogP contribution in [0.2, 0.25) is 0 Å². The standard InChI is InChI=1S/C19H20N4O4S3/c1-28-15-8-6-13(7-9-15)18-21-22-19(27-18)20-17(24)14-4-2-10-23(12-14)30(25,26)16-5-3-11-29-16/h3,5-9,11,14H,2,4,10,12H2,1H3,(H,20,22,24). The van der Waals surface area contributed by atoms with E-state index in [1.807, 2.05) is 30.5 Å². The van der Waals surface area contributed by atoms with Crippen LogP contribution < -0.4 is 5.32 Å². The van der Waals surface area contributed by atoms with Crippen molar-refractivity contribution in [2.24, 2.45) is 5.92 Å². The molecule has 1 fully saturated rings. The molecule has 1 saturated heterocycles. The van der Waals surface area contributed by atoms with Gasteiger partial charge < -0.3 is 4.42 Å². The van der Waals surface area contributed by atoms with Gasteiger partial charge in [0.2, 0.25) is 11.8 Å². The van der Waals surface area contributed by atoms with Crippen LogP contribution in [0.15, 0.2) is 55.3 Å².